The zero-order valence-electron chi connectivity index (χ0n) is 7.81. The Morgan fingerprint density at radius 3 is 2.57 bits per heavy atom. The predicted molar refractivity (Wildman–Crippen MR) is 46.5 cm³/mol. The lowest BCUT2D eigenvalue weighted by molar-refractivity contribution is -0.127. The zero-order valence-corrected chi connectivity index (χ0v) is 7.81. The van der Waals surface area contributed by atoms with Gasteiger partial charge in [0.1, 0.15) is 6.54 Å². The van der Waals surface area contributed by atoms with Crippen LogP contribution in [0.3, 0.4) is 0 Å². The van der Waals surface area contributed by atoms with E-state index in [2.05, 4.69) is 5.32 Å². The van der Waals surface area contributed by atoms with E-state index in [9.17, 15) is 9.59 Å². The molecule has 77 valence electrons. The van der Waals surface area contributed by atoms with Crippen LogP contribution in [-0.2, 0) is 9.53 Å². The van der Waals surface area contributed by atoms with Crippen LogP contribution in [0.5, 0.6) is 0 Å². The van der Waals surface area contributed by atoms with Crippen molar-refractivity contribution in [1.82, 2.24) is 15.1 Å². The molecule has 0 aromatic heterocycles. The van der Waals surface area contributed by atoms with Gasteiger partial charge < -0.3 is 4.74 Å². The van der Waals surface area contributed by atoms with Crippen molar-refractivity contribution in [3.05, 3.63) is 0 Å². The number of nitrogens with zero attached hydrogens (tertiary/aromatic N) is 3. The first-order chi connectivity index (χ1) is 6.77. The number of morpholine rings is 1. The van der Waals surface area contributed by atoms with Crippen molar-refractivity contribution < 1.29 is 14.3 Å². The van der Waals surface area contributed by atoms with E-state index in [4.69, 9.17) is 4.74 Å². The van der Waals surface area contributed by atoms with Gasteiger partial charge in [-0.25, -0.2) is 15.0 Å². The van der Waals surface area contributed by atoms with Gasteiger partial charge in [0.25, 0.3) is 5.91 Å². The quantitative estimate of drug-likeness (QED) is 0.525. The maximum atomic E-state index is 11.2. The normalized spacial score (nSPS) is 24.1. The molecule has 2 aliphatic heterocycles. The average Bonchev–Trinajstić information content (AvgIpc) is 2.51. The molecule has 0 atom stereocenters. The van der Waals surface area contributed by atoms with Gasteiger partial charge in [-0.15, -0.1) is 0 Å². The molecule has 6 nitrogen and oxygen atoms in total. The molecule has 0 saturated carbocycles. The van der Waals surface area contributed by atoms with Crippen molar-refractivity contribution in [3.8, 4) is 0 Å². The van der Waals surface area contributed by atoms with E-state index in [-0.39, 0.29) is 12.5 Å². The van der Waals surface area contributed by atoms with Crippen LogP contribution < -0.4 is 5.32 Å². The fourth-order valence-corrected chi connectivity index (χ4v) is 1.49. The number of hydrogen-bond donors (Lipinski definition) is 0. The third-order valence-corrected chi connectivity index (χ3v) is 2.33. The van der Waals surface area contributed by atoms with Crippen LogP contribution in [-0.4, -0.2) is 61.3 Å². The van der Waals surface area contributed by atoms with E-state index in [1.807, 2.05) is 4.90 Å². The Kier molecular flexibility index (Phi) is 2.64. The lowest BCUT2D eigenvalue weighted by atomic mass is 10.4. The molecule has 2 heterocycles. The van der Waals surface area contributed by atoms with Crippen molar-refractivity contribution in [2.75, 3.05) is 39.5 Å². The van der Waals surface area contributed by atoms with Gasteiger partial charge >= 0.3 is 6.03 Å². The summed E-state index contributed by atoms with van der Waals surface area (Å²) in [4.78, 5) is 25.6. The second kappa shape index (κ2) is 3.93. The van der Waals surface area contributed by atoms with Gasteiger partial charge in [-0.1, -0.05) is 0 Å². The van der Waals surface area contributed by atoms with Crippen molar-refractivity contribution in [2.24, 2.45) is 0 Å². The first-order valence-corrected chi connectivity index (χ1v) is 4.59. The Bertz CT molecular complexity index is 234. The van der Waals surface area contributed by atoms with Crippen LogP contribution in [0, 0.1) is 0 Å². The predicted octanol–water partition coefficient (Wildman–Crippen LogP) is -1.16. The molecule has 2 rings (SSSR count). The first kappa shape index (κ1) is 9.42. The Balaban J connectivity index is 1.89. The molecule has 0 spiro atoms. The Morgan fingerprint density at radius 1 is 1.29 bits per heavy atom. The maximum Gasteiger partial charge on any atom is 0.347 e. The summed E-state index contributed by atoms with van der Waals surface area (Å²) in [5.41, 5.74) is 0. The molecular weight excluding hydrogens is 186 g/mol. The Labute approximate surface area is 81.8 Å². The summed E-state index contributed by atoms with van der Waals surface area (Å²) in [7, 11) is 0. The van der Waals surface area contributed by atoms with E-state index in [1.54, 1.807) is 0 Å². The van der Waals surface area contributed by atoms with Gasteiger partial charge in [0.2, 0.25) is 0 Å². The van der Waals surface area contributed by atoms with Crippen molar-refractivity contribution in [1.29, 1.82) is 0 Å². The van der Waals surface area contributed by atoms with Crippen molar-refractivity contribution in [3.63, 3.8) is 0 Å². The number of hydrogen-bond acceptors (Lipinski definition) is 4. The SMILES string of the molecule is O=C1C[N]C(=O)N1CN1CCOCC1. The van der Waals surface area contributed by atoms with Gasteiger partial charge in [-0.3, -0.25) is 9.69 Å². The molecule has 0 bridgehead atoms. The van der Waals surface area contributed by atoms with Crippen LogP contribution in [0.1, 0.15) is 0 Å². The molecular formula is C8H12N3O3. The standard InChI is InChI=1S/C8H12N3O3/c12-7-5-9-8(13)11(7)6-10-1-3-14-4-2-10/h1-6H2. The Hall–Kier alpha value is -1.14. The van der Waals surface area contributed by atoms with E-state index in [0.717, 1.165) is 13.1 Å². The van der Waals surface area contributed by atoms with Gasteiger partial charge in [0.15, 0.2) is 0 Å². The number of ether oxygens (including phenoxy) is 1. The minimum atomic E-state index is -0.415. The second-order valence-corrected chi connectivity index (χ2v) is 3.29. The minimum absolute atomic E-state index is 0.00315. The van der Waals surface area contributed by atoms with Gasteiger partial charge in [0.05, 0.1) is 19.9 Å². The summed E-state index contributed by atoms with van der Waals surface area (Å²) >= 11 is 0. The molecule has 14 heavy (non-hydrogen) atoms. The second-order valence-electron chi connectivity index (χ2n) is 3.29. The van der Waals surface area contributed by atoms with E-state index >= 15 is 0 Å². The van der Waals surface area contributed by atoms with Gasteiger partial charge in [-0.05, 0) is 0 Å². The van der Waals surface area contributed by atoms with Gasteiger partial charge in [-0.2, -0.15) is 0 Å². The molecule has 3 amide bonds. The highest BCUT2D eigenvalue weighted by atomic mass is 16.5. The summed E-state index contributed by atoms with van der Waals surface area (Å²) in [6.07, 6.45) is 0. The molecule has 6 heteroatoms. The van der Waals surface area contributed by atoms with Gasteiger partial charge in [0, 0.05) is 13.1 Å². The molecule has 2 fully saturated rings. The van der Waals surface area contributed by atoms with Crippen LogP contribution in [0.15, 0.2) is 0 Å². The Morgan fingerprint density at radius 2 is 2.00 bits per heavy atom. The lowest BCUT2D eigenvalue weighted by Crippen LogP contribution is -2.46. The third kappa shape index (κ3) is 1.85. The summed E-state index contributed by atoms with van der Waals surface area (Å²) < 4.78 is 5.16. The monoisotopic (exact) mass is 198 g/mol. The van der Waals surface area contributed by atoms with Crippen LogP contribution in [0.4, 0.5) is 4.79 Å². The molecule has 1 radical (unpaired) electrons. The van der Waals surface area contributed by atoms with E-state index in [0.29, 0.717) is 19.9 Å². The summed E-state index contributed by atoms with van der Waals surface area (Å²) in [5, 5.41) is 3.54. The van der Waals surface area contributed by atoms with E-state index < -0.39 is 6.03 Å². The largest absolute Gasteiger partial charge is 0.379 e. The molecule has 2 saturated heterocycles. The smallest absolute Gasteiger partial charge is 0.347 e. The number of carbonyl (C=O) groups excluding carboxylic acids is 2. The molecule has 0 unspecified atom stereocenters. The van der Waals surface area contributed by atoms with Crippen molar-refractivity contribution >= 4 is 11.9 Å². The lowest BCUT2D eigenvalue weighted by Gasteiger charge is -2.28. The number of imide groups is 1. The molecule has 0 aromatic carbocycles. The number of urea groups is 1. The molecule has 2 aliphatic rings. The molecule has 0 aromatic rings. The van der Waals surface area contributed by atoms with Crippen LogP contribution >= 0.6 is 0 Å². The highest BCUT2D eigenvalue weighted by molar-refractivity contribution is 6.01. The third-order valence-electron chi connectivity index (χ3n) is 2.33. The minimum Gasteiger partial charge on any atom is -0.379 e. The topological polar surface area (TPSA) is 64.0 Å². The molecule has 0 N–H and O–H groups in total. The number of amides is 3. The highest BCUT2D eigenvalue weighted by Gasteiger charge is 2.31. The van der Waals surface area contributed by atoms with E-state index in [1.165, 1.54) is 4.90 Å². The average molecular weight is 198 g/mol. The fraction of sp³-hybridized carbons (Fsp3) is 0.750. The first-order valence-electron chi connectivity index (χ1n) is 4.59. The summed E-state index contributed by atoms with van der Waals surface area (Å²) in [6.45, 7) is 3.20. The van der Waals surface area contributed by atoms with Crippen LogP contribution in [0.25, 0.3) is 0 Å². The maximum absolute atomic E-state index is 11.2. The molecule has 0 aliphatic carbocycles. The summed E-state index contributed by atoms with van der Waals surface area (Å²) in [6, 6.07) is -0.415. The summed E-state index contributed by atoms with van der Waals surface area (Å²) in [5.74, 6) is -0.207. The number of rotatable bonds is 2. The van der Waals surface area contributed by atoms with Crippen LogP contribution in [0.2, 0.25) is 0 Å². The highest BCUT2D eigenvalue weighted by Crippen LogP contribution is 2.04. The zero-order chi connectivity index (χ0) is 9.97. The number of carbonyl (C=O) groups is 2. The van der Waals surface area contributed by atoms with Crippen molar-refractivity contribution in [2.45, 2.75) is 0 Å². The fourth-order valence-electron chi connectivity index (χ4n) is 1.49.